The lowest BCUT2D eigenvalue weighted by molar-refractivity contribution is -0.384. The zero-order valence-electron chi connectivity index (χ0n) is 11.0. The largest absolute Gasteiger partial charge is 0.360 e. The molecule has 0 spiro atoms. The van der Waals surface area contributed by atoms with E-state index < -0.39 is 14.9 Å². The third-order valence-corrected chi connectivity index (χ3v) is 4.45. The fourth-order valence-corrected chi connectivity index (χ4v) is 3.12. The number of nitrogens with zero attached hydrogens (tertiary/aromatic N) is 3. The molecule has 2 heterocycles. The minimum absolute atomic E-state index is 0.107. The standard InChI is InChI=1S/C11H16N4O4S/c1-20(18,19)14-7-3-4-9(8-14)13-11-10(15(16)17)5-2-6-12-11/h2,5-6,9H,3-4,7-8H2,1H3,(H,12,13)/t9-/m0/s1. The molecule has 9 heteroatoms. The van der Waals surface area contributed by atoms with Gasteiger partial charge in [0.25, 0.3) is 0 Å². The molecule has 1 aliphatic heterocycles. The predicted molar refractivity (Wildman–Crippen MR) is 74.0 cm³/mol. The van der Waals surface area contributed by atoms with Crippen LogP contribution < -0.4 is 5.32 Å². The van der Waals surface area contributed by atoms with Crippen LogP contribution in [0.3, 0.4) is 0 Å². The van der Waals surface area contributed by atoms with Crippen LogP contribution in [-0.4, -0.2) is 48.0 Å². The molecular formula is C11H16N4O4S. The predicted octanol–water partition coefficient (Wildman–Crippen LogP) is 0.826. The van der Waals surface area contributed by atoms with Crippen LogP contribution in [0, 0.1) is 10.1 Å². The molecule has 1 atom stereocenters. The second kappa shape index (κ2) is 5.71. The second-order valence-corrected chi connectivity index (χ2v) is 6.72. The molecular weight excluding hydrogens is 284 g/mol. The van der Waals surface area contributed by atoms with E-state index in [4.69, 9.17) is 0 Å². The lowest BCUT2D eigenvalue weighted by atomic mass is 10.1. The number of sulfonamides is 1. The minimum atomic E-state index is -3.24. The first kappa shape index (κ1) is 14.7. The van der Waals surface area contributed by atoms with E-state index >= 15 is 0 Å². The van der Waals surface area contributed by atoms with Crippen LogP contribution in [0.25, 0.3) is 0 Å². The molecule has 1 aromatic rings. The molecule has 8 nitrogen and oxygen atoms in total. The molecule has 0 aromatic carbocycles. The van der Waals surface area contributed by atoms with Crippen molar-refractivity contribution < 1.29 is 13.3 Å². The van der Waals surface area contributed by atoms with E-state index in [-0.39, 0.29) is 17.5 Å². The molecule has 0 aliphatic carbocycles. The second-order valence-electron chi connectivity index (χ2n) is 4.73. The van der Waals surface area contributed by atoms with Crippen LogP contribution in [-0.2, 0) is 10.0 Å². The van der Waals surface area contributed by atoms with Gasteiger partial charge in [-0.2, -0.15) is 0 Å². The number of anilines is 1. The Balaban J connectivity index is 2.12. The normalized spacial score (nSPS) is 20.6. The summed E-state index contributed by atoms with van der Waals surface area (Å²) in [5, 5.41) is 13.9. The Morgan fingerprint density at radius 3 is 2.95 bits per heavy atom. The number of hydrogen-bond acceptors (Lipinski definition) is 6. The fourth-order valence-electron chi connectivity index (χ4n) is 2.21. The van der Waals surface area contributed by atoms with Crippen LogP contribution in [0.4, 0.5) is 11.5 Å². The maximum Gasteiger partial charge on any atom is 0.311 e. The van der Waals surface area contributed by atoms with Crippen molar-refractivity contribution in [1.29, 1.82) is 0 Å². The Morgan fingerprint density at radius 2 is 2.30 bits per heavy atom. The van der Waals surface area contributed by atoms with E-state index in [0.29, 0.717) is 19.5 Å². The summed E-state index contributed by atoms with van der Waals surface area (Å²) in [6, 6.07) is 2.69. The smallest absolute Gasteiger partial charge is 0.311 e. The Labute approximate surface area is 117 Å². The highest BCUT2D eigenvalue weighted by Crippen LogP contribution is 2.23. The van der Waals surface area contributed by atoms with E-state index in [9.17, 15) is 18.5 Å². The summed E-state index contributed by atoms with van der Waals surface area (Å²) in [7, 11) is -3.24. The van der Waals surface area contributed by atoms with Gasteiger partial charge in [0.2, 0.25) is 15.8 Å². The van der Waals surface area contributed by atoms with Gasteiger partial charge in [0.1, 0.15) is 0 Å². The number of rotatable bonds is 4. The number of pyridine rings is 1. The minimum Gasteiger partial charge on any atom is -0.360 e. The monoisotopic (exact) mass is 300 g/mol. The van der Waals surface area contributed by atoms with Gasteiger partial charge in [-0.1, -0.05) is 0 Å². The number of aromatic nitrogens is 1. The summed E-state index contributed by atoms with van der Waals surface area (Å²) in [5.41, 5.74) is -0.107. The molecule has 0 radical (unpaired) electrons. The third kappa shape index (κ3) is 3.42. The summed E-state index contributed by atoms with van der Waals surface area (Å²) < 4.78 is 24.4. The van der Waals surface area contributed by atoms with Gasteiger partial charge in [-0.05, 0) is 18.9 Å². The summed E-state index contributed by atoms with van der Waals surface area (Å²) in [4.78, 5) is 14.4. The van der Waals surface area contributed by atoms with E-state index in [1.807, 2.05) is 0 Å². The van der Waals surface area contributed by atoms with Crippen molar-refractivity contribution in [3.63, 3.8) is 0 Å². The maximum absolute atomic E-state index is 11.5. The fraction of sp³-hybridized carbons (Fsp3) is 0.545. The summed E-state index contributed by atoms with van der Waals surface area (Å²) in [6.45, 7) is 0.786. The zero-order chi connectivity index (χ0) is 14.8. The van der Waals surface area contributed by atoms with Crippen LogP contribution in [0.15, 0.2) is 18.3 Å². The lowest BCUT2D eigenvalue weighted by Crippen LogP contribution is -2.44. The van der Waals surface area contributed by atoms with Crippen LogP contribution >= 0.6 is 0 Å². The number of hydrogen-bond donors (Lipinski definition) is 1. The third-order valence-electron chi connectivity index (χ3n) is 3.18. The van der Waals surface area contributed by atoms with E-state index in [0.717, 1.165) is 6.42 Å². The van der Waals surface area contributed by atoms with Gasteiger partial charge in [0.05, 0.1) is 11.2 Å². The number of piperidine rings is 1. The van der Waals surface area contributed by atoms with E-state index in [1.165, 1.54) is 28.9 Å². The molecule has 1 fully saturated rings. The highest BCUT2D eigenvalue weighted by Gasteiger charge is 2.27. The zero-order valence-corrected chi connectivity index (χ0v) is 11.8. The quantitative estimate of drug-likeness (QED) is 0.652. The number of nitro groups is 1. The topological polar surface area (TPSA) is 105 Å². The van der Waals surface area contributed by atoms with Gasteiger partial charge in [-0.25, -0.2) is 17.7 Å². The van der Waals surface area contributed by atoms with Crippen LogP contribution in [0.5, 0.6) is 0 Å². The van der Waals surface area contributed by atoms with Crippen molar-refractivity contribution in [1.82, 2.24) is 9.29 Å². The van der Waals surface area contributed by atoms with Crippen LogP contribution in [0.2, 0.25) is 0 Å². The average molecular weight is 300 g/mol. The van der Waals surface area contributed by atoms with Gasteiger partial charge >= 0.3 is 5.69 Å². The van der Waals surface area contributed by atoms with Gasteiger partial charge in [0.15, 0.2) is 0 Å². The lowest BCUT2D eigenvalue weighted by Gasteiger charge is -2.31. The summed E-state index contributed by atoms with van der Waals surface area (Å²) in [6.07, 6.45) is 4.09. The first-order valence-corrected chi connectivity index (χ1v) is 8.04. The number of nitrogens with one attached hydrogen (secondary N) is 1. The Hall–Kier alpha value is -1.74. The molecule has 0 bridgehead atoms. The molecule has 1 N–H and O–H groups in total. The maximum atomic E-state index is 11.5. The van der Waals surface area contributed by atoms with Gasteiger partial charge in [0, 0.05) is 31.4 Å². The molecule has 1 aliphatic rings. The van der Waals surface area contributed by atoms with Crippen molar-refractivity contribution in [3.8, 4) is 0 Å². The molecule has 0 saturated carbocycles. The summed E-state index contributed by atoms with van der Waals surface area (Å²) in [5.74, 6) is 0.179. The molecule has 20 heavy (non-hydrogen) atoms. The highest BCUT2D eigenvalue weighted by atomic mass is 32.2. The van der Waals surface area contributed by atoms with Crippen LogP contribution in [0.1, 0.15) is 12.8 Å². The first-order valence-electron chi connectivity index (χ1n) is 6.19. The SMILES string of the molecule is CS(=O)(=O)N1CCC[C@H](Nc2ncccc2[N+](=O)[O-])C1. The Morgan fingerprint density at radius 1 is 1.55 bits per heavy atom. The molecule has 0 amide bonds. The van der Waals surface area contributed by atoms with Crippen molar-refractivity contribution in [3.05, 3.63) is 28.4 Å². The molecule has 1 aromatic heterocycles. The van der Waals surface area contributed by atoms with Crippen molar-refractivity contribution in [2.75, 3.05) is 24.7 Å². The molecule has 110 valence electrons. The van der Waals surface area contributed by atoms with Crippen molar-refractivity contribution in [2.24, 2.45) is 0 Å². The van der Waals surface area contributed by atoms with Crippen molar-refractivity contribution in [2.45, 2.75) is 18.9 Å². The highest BCUT2D eigenvalue weighted by molar-refractivity contribution is 7.88. The van der Waals surface area contributed by atoms with Crippen molar-refractivity contribution >= 4 is 21.5 Å². The molecule has 1 saturated heterocycles. The van der Waals surface area contributed by atoms with E-state index in [2.05, 4.69) is 10.3 Å². The Bertz CT molecular complexity index is 604. The summed E-state index contributed by atoms with van der Waals surface area (Å²) >= 11 is 0. The average Bonchev–Trinajstić information content (AvgIpc) is 2.38. The molecule has 2 rings (SSSR count). The van der Waals surface area contributed by atoms with Gasteiger partial charge in [-0.3, -0.25) is 10.1 Å². The van der Waals surface area contributed by atoms with Gasteiger partial charge in [-0.15, -0.1) is 0 Å². The Kier molecular flexibility index (Phi) is 4.19. The van der Waals surface area contributed by atoms with Gasteiger partial charge < -0.3 is 5.32 Å². The first-order chi connectivity index (χ1) is 9.38. The molecule has 0 unspecified atom stereocenters. The van der Waals surface area contributed by atoms with E-state index in [1.54, 1.807) is 0 Å².